The molecule has 1 aromatic carbocycles. The van der Waals surface area contributed by atoms with E-state index in [9.17, 15) is 9.50 Å². The summed E-state index contributed by atoms with van der Waals surface area (Å²) < 4.78 is 13.9. The largest absolute Gasteiger partial charge is 0.388 e. The lowest BCUT2D eigenvalue weighted by Crippen LogP contribution is -2.07. The van der Waals surface area contributed by atoms with Gasteiger partial charge in [0.2, 0.25) is 0 Å². The van der Waals surface area contributed by atoms with Gasteiger partial charge in [0, 0.05) is 24.4 Å². The summed E-state index contributed by atoms with van der Waals surface area (Å²) in [6.07, 6.45) is 2.90. The Hall–Kier alpha value is -1.74. The molecule has 2 nitrogen and oxygen atoms in total. The Kier molecular flexibility index (Phi) is 3.72. The lowest BCUT2D eigenvalue weighted by molar-refractivity contribution is 0.173. The van der Waals surface area contributed by atoms with Crippen molar-refractivity contribution in [1.82, 2.24) is 4.98 Å². The second kappa shape index (κ2) is 5.27. The topological polar surface area (TPSA) is 33.1 Å². The van der Waals surface area contributed by atoms with Crippen LogP contribution in [0.3, 0.4) is 0 Å². The second-order valence-electron chi connectivity index (χ2n) is 4.55. The molecule has 0 aliphatic rings. The molecule has 0 saturated carbocycles. The number of aromatic nitrogens is 1. The molecule has 3 heteroatoms. The van der Waals surface area contributed by atoms with E-state index in [4.69, 9.17) is 0 Å². The molecule has 2 aromatic rings. The van der Waals surface area contributed by atoms with E-state index < -0.39 is 6.10 Å². The second-order valence-corrected chi connectivity index (χ2v) is 4.55. The fraction of sp³-hybridized carbons (Fsp3) is 0.267. The van der Waals surface area contributed by atoms with Gasteiger partial charge in [-0.1, -0.05) is 6.07 Å². The Morgan fingerprint density at radius 1 is 1.22 bits per heavy atom. The summed E-state index contributed by atoms with van der Waals surface area (Å²) in [6.45, 7) is 3.66. The van der Waals surface area contributed by atoms with Crippen molar-refractivity contribution < 1.29 is 9.50 Å². The summed E-state index contributed by atoms with van der Waals surface area (Å²) in [5, 5.41) is 10.2. The zero-order chi connectivity index (χ0) is 13.1. The first-order valence-corrected chi connectivity index (χ1v) is 5.91. The number of nitrogens with zero attached hydrogens (tertiary/aromatic N) is 1. The van der Waals surface area contributed by atoms with Gasteiger partial charge in [0.15, 0.2) is 0 Å². The lowest BCUT2D eigenvalue weighted by Gasteiger charge is -2.15. The van der Waals surface area contributed by atoms with Crippen molar-refractivity contribution in [2.75, 3.05) is 0 Å². The highest BCUT2D eigenvalue weighted by Crippen LogP contribution is 2.25. The van der Waals surface area contributed by atoms with E-state index in [2.05, 4.69) is 4.98 Å². The van der Waals surface area contributed by atoms with E-state index in [1.54, 1.807) is 12.4 Å². The summed E-state index contributed by atoms with van der Waals surface area (Å²) >= 11 is 0. The maximum absolute atomic E-state index is 13.9. The molecule has 0 aliphatic carbocycles. The van der Waals surface area contributed by atoms with Gasteiger partial charge in [-0.05, 0) is 48.7 Å². The number of aryl methyl sites for hydroxylation is 2. The van der Waals surface area contributed by atoms with Crippen LogP contribution in [0.25, 0.3) is 0 Å². The summed E-state index contributed by atoms with van der Waals surface area (Å²) in [6, 6.07) is 6.99. The molecule has 1 atom stereocenters. The summed E-state index contributed by atoms with van der Waals surface area (Å²) in [7, 11) is 0. The van der Waals surface area contributed by atoms with Crippen LogP contribution in [0, 0.1) is 19.7 Å². The van der Waals surface area contributed by atoms with Crippen LogP contribution in [0.1, 0.15) is 28.4 Å². The number of hydrogen-bond acceptors (Lipinski definition) is 2. The highest BCUT2D eigenvalue weighted by Gasteiger charge is 2.16. The van der Waals surface area contributed by atoms with Crippen LogP contribution in [0.5, 0.6) is 0 Å². The smallest absolute Gasteiger partial charge is 0.129 e. The first-order chi connectivity index (χ1) is 8.58. The van der Waals surface area contributed by atoms with Crippen LogP contribution in [-0.2, 0) is 6.42 Å². The maximum atomic E-state index is 13.9. The molecule has 0 amide bonds. The molecule has 0 spiro atoms. The minimum absolute atomic E-state index is 0.339. The number of hydrogen-bond donors (Lipinski definition) is 1. The number of pyridine rings is 1. The third kappa shape index (κ3) is 2.74. The quantitative estimate of drug-likeness (QED) is 0.901. The first kappa shape index (κ1) is 12.7. The van der Waals surface area contributed by atoms with Crippen LogP contribution in [-0.4, -0.2) is 10.1 Å². The molecule has 1 N–H and O–H groups in total. The van der Waals surface area contributed by atoms with Crippen molar-refractivity contribution in [3.05, 3.63) is 64.7 Å². The van der Waals surface area contributed by atoms with E-state index in [0.717, 1.165) is 16.7 Å². The number of benzene rings is 1. The van der Waals surface area contributed by atoms with Crippen molar-refractivity contribution in [3.8, 4) is 0 Å². The molecule has 18 heavy (non-hydrogen) atoms. The standard InChI is InChI=1S/C15H16FNO/c1-10-7-11(2)15(13(16)8-10)14(18)9-12-3-5-17-6-4-12/h3-8,14,18H,9H2,1-2H3. The summed E-state index contributed by atoms with van der Waals surface area (Å²) in [5.74, 6) is -0.339. The predicted molar refractivity (Wildman–Crippen MR) is 68.8 cm³/mol. The number of aliphatic hydroxyl groups excluding tert-OH is 1. The monoisotopic (exact) mass is 245 g/mol. The molecule has 94 valence electrons. The van der Waals surface area contributed by atoms with Crippen molar-refractivity contribution >= 4 is 0 Å². The van der Waals surface area contributed by atoms with Gasteiger partial charge in [-0.25, -0.2) is 4.39 Å². The minimum atomic E-state index is -0.826. The van der Waals surface area contributed by atoms with Crippen molar-refractivity contribution in [3.63, 3.8) is 0 Å². The fourth-order valence-electron chi connectivity index (χ4n) is 2.19. The molecule has 1 heterocycles. The Bertz CT molecular complexity index is 516. The zero-order valence-electron chi connectivity index (χ0n) is 10.5. The van der Waals surface area contributed by atoms with E-state index in [-0.39, 0.29) is 5.82 Å². The van der Waals surface area contributed by atoms with E-state index in [1.165, 1.54) is 6.07 Å². The molecule has 0 saturated heterocycles. The molecular formula is C15H16FNO. The third-order valence-corrected chi connectivity index (χ3v) is 2.99. The molecule has 2 rings (SSSR count). The highest BCUT2D eigenvalue weighted by atomic mass is 19.1. The number of rotatable bonds is 3. The normalized spacial score (nSPS) is 12.4. The molecule has 0 radical (unpaired) electrons. The third-order valence-electron chi connectivity index (χ3n) is 2.99. The van der Waals surface area contributed by atoms with Crippen molar-refractivity contribution in [2.45, 2.75) is 26.4 Å². The number of halogens is 1. The van der Waals surface area contributed by atoms with Gasteiger partial charge in [0.1, 0.15) is 5.82 Å². The van der Waals surface area contributed by atoms with Gasteiger partial charge in [-0.3, -0.25) is 4.98 Å². The lowest BCUT2D eigenvalue weighted by atomic mass is 9.96. The van der Waals surface area contributed by atoms with Crippen LogP contribution in [0.2, 0.25) is 0 Å². The summed E-state index contributed by atoms with van der Waals surface area (Å²) in [5.41, 5.74) is 2.98. The van der Waals surface area contributed by atoms with Gasteiger partial charge in [-0.15, -0.1) is 0 Å². The molecule has 1 unspecified atom stereocenters. The van der Waals surface area contributed by atoms with E-state index in [1.807, 2.05) is 32.0 Å². The van der Waals surface area contributed by atoms with Crippen LogP contribution in [0.15, 0.2) is 36.7 Å². The van der Waals surface area contributed by atoms with E-state index >= 15 is 0 Å². The Labute approximate surface area is 106 Å². The van der Waals surface area contributed by atoms with E-state index in [0.29, 0.717) is 12.0 Å². The molecular weight excluding hydrogens is 229 g/mol. The van der Waals surface area contributed by atoms with Gasteiger partial charge in [0.05, 0.1) is 6.10 Å². The predicted octanol–water partition coefficient (Wildman–Crippen LogP) is 3.11. The molecule has 0 bridgehead atoms. The van der Waals surface area contributed by atoms with Crippen LogP contribution < -0.4 is 0 Å². The number of aliphatic hydroxyl groups is 1. The first-order valence-electron chi connectivity index (χ1n) is 5.91. The van der Waals surface area contributed by atoms with Gasteiger partial charge in [0.25, 0.3) is 0 Å². The molecule has 0 aliphatic heterocycles. The van der Waals surface area contributed by atoms with Crippen molar-refractivity contribution in [1.29, 1.82) is 0 Å². The molecule has 0 fully saturated rings. The highest BCUT2D eigenvalue weighted by molar-refractivity contribution is 5.34. The Morgan fingerprint density at radius 2 is 1.89 bits per heavy atom. The minimum Gasteiger partial charge on any atom is -0.388 e. The molecule has 1 aromatic heterocycles. The fourth-order valence-corrected chi connectivity index (χ4v) is 2.19. The zero-order valence-corrected chi connectivity index (χ0v) is 10.5. The van der Waals surface area contributed by atoms with Gasteiger partial charge < -0.3 is 5.11 Å². The maximum Gasteiger partial charge on any atom is 0.129 e. The van der Waals surface area contributed by atoms with Crippen LogP contribution in [0.4, 0.5) is 4.39 Å². The summed E-state index contributed by atoms with van der Waals surface area (Å²) in [4.78, 5) is 3.92. The van der Waals surface area contributed by atoms with Gasteiger partial charge in [-0.2, -0.15) is 0 Å². The van der Waals surface area contributed by atoms with Crippen molar-refractivity contribution in [2.24, 2.45) is 0 Å². The van der Waals surface area contributed by atoms with Gasteiger partial charge >= 0.3 is 0 Å². The average molecular weight is 245 g/mol. The van der Waals surface area contributed by atoms with Crippen LogP contribution >= 0.6 is 0 Å². The Morgan fingerprint density at radius 3 is 2.50 bits per heavy atom. The Balaban J connectivity index is 2.27. The SMILES string of the molecule is Cc1cc(C)c(C(O)Cc2ccncc2)c(F)c1. The average Bonchev–Trinajstić information content (AvgIpc) is 2.28.